The van der Waals surface area contributed by atoms with Crippen molar-refractivity contribution in [3.05, 3.63) is 29.8 Å². The van der Waals surface area contributed by atoms with Gasteiger partial charge in [-0.3, -0.25) is 0 Å². The molecule has 0 saturated heterocycles. The molecule has 0 aliphatic rings. The molecule has 0 fully saturated rings. The molecule has 1 aromatic rings. The minimum absolute atomic E-state index is 0.258. The summed E-state index contributed by atoms with van der Waals surface area (Å²) in [5.74, 6) is 5.32. The largest absolute Gasteiger partial charge is 0.237 e. The Labute approximate surface area is 110 Å². The molecule has 0 heterocycles. The molecule has 0 aromatic heterocycles. The van der Waals surface area contributed by atoms with E-state index in [4.69, 9.17) is 24.4 Å². The number of benzene rings is 1. The minimum Gasteiger partial charge on any atom is -0.237 e. The molecular weight excluding hydrogens is 254 g/mol. The molecule has 1 rings (SSSR count). The van der Waals surface area contributed by atoms with Crippen LogP contribution in [0.5, 0.6) is 0 Å². The van der Waals surface area contributed by atoms with Gasteiger partial charge in [0, 0.05) is 5.88 Å². The average molecular weight is 266 g/mol. The maximum atomic E-state index is 12.1. The van der Waals surface area contributed by atoms with Crippen molar-refractivity contribution in [1.29, 1.82) is 0 Å². The lowest BCUT2D eigenvalue weighted by atomic mass is 10.2. The van der Waals surface area contributed by atoms with E-state index in [0.717, 1.165) is 5.56 Å². The summed E-state index contributed by atoms with van der Waals surface area (Å²) in [7, 11) is -1.33. The van der Waals surface area contributed by atoms with Crippen LogP contribution in [0.2, 0.25) is 0 Å². The maximum Gasteiger partial charge on any atom is 0.129 e. The van der Waals surface area contributed by atoms with E-state index in [1.165, 1.54) is 0 Å². The summed E-state index contributed by atoms with van der Waals surface area (Å²) in [4.78, 5) is 0.671. The number of hydrogen-bond acceptors (Lipinski definition) is 1. The van der Waals surface area contributed by atoms with Gasteiger partial charge in [-0.25, -0.2) is 4.21 Å². The predicted octanol–water partition coefficient (Wildman–Crippen LogP) is 2.02. The van der Waals surface area contributed by atoms with Crippen LogP contribution in [0.4, 0.5) is 0 Å². The van der Waals surface area contributed by atoms with Crippen molar-refractivity contribution < 1.29 is 4.21 Å². The van der Waals surface area contributed by atoms with Crippen LogP contribution in [0.1, 0.15) is 5.56 Å². The van der Waals surface area contributed by atoms with Gasteiger partial charge in [-0.2, -0.15) is 4.31 Å². The molecule has 1 atom stereocenters. The molecule has 0 radical (unpaired) electrons. The highest BCUT2D eigenvalue weighted by molar-refractivity contribution is 7.82. The first kappa shape index (κ1) is 13.8. The van der Waals surface area contributed by atoms with Crippen LogP contribution in [0, 0.1) is 24.7 Å². The van der Waals surface area contributed by atoms with Gasteiger partial charge >= 0.3 is 0 Å². The topological polar surface area (TPSA) is 20.3 Å². The van der Waals surface area contributed by atoms with Crippen LogP contribution < -0.4 is 0 Å². The molecule has 88 valence electrons. The third-order valence-electron chi connectivity index (χ3n) is 2.05. The van der Waals surface area contributed by atoms with Crippen LogP contribution in [0.25, 0.3) is 0 Å². The van der Waals surface area contributed by atoms with Crippen LogP contribution in [-0.4, -0.2) is 21.6 Å². The first-order valence-corrected chi connectivity index (χ1v) is 6.55. The smallest absolute Gasteiger partial charge is 0.129 e. The molecule has 0 N–H and O–H groups in total. The Morgan fingerprint density at radius 2 is 1.71 bits per heavy atom. The van der Waals surface area contributed by atoms with Crippen LogP contribution in [0.15, 0.2) is 29.2 Å². The van der Waals surface area contributed by atoms with E-state index in [1.807, 2.05) is 12.1 Å². The van der Waals surface area contributed by atoms with Gasteiger partial charge in [-0.1, -0.05) is 24.0 Å². The second kappa shape index (κ2) is 7.14. The quantitative estimate of drug-likeness (QED) is 0.589. The van der Waals surface area contributed by atoms with Crippen molar-refractivity contribution in [2.45, 2.75) is 10.8 Å². The summed E-state index contributed by atoms with van der Waals surface area (Å²) in [6.45, 7) is 0.516. The zero-order valence-electron chi connectivity index (χ0n) is 9.23. The molecule has 1 unspecified atom stereocenters. The number of rotatable bonds is 5. The molecular formula is C13H12ClNOS. The highest BCUT2D eigenvalue weighted by Gasteiger charge is 2.12. The zero-order valence-corrected chi connectivity index (χ0v) is 10.8. The Balaban J connectivity index is 2.86. The third kappa shape index (κ3) is 3.91. The molecule has 0 bridgehead atoms. The Kier molecular flexibility index (Phi) is 5.80. The van der Waals surface area contributed by atoms with Gasteiger partial charge < -0.3 is 0 Å². The summed E-state index contributed by atoms with van der Waals surface area (Å²) < 4.78 is 13.7. The molecule has 1 aromatic carbocycles. The molecule has 17 heavy (non-hydrogen) atoms. The van der Waals surface area contributed by atoms with Crippen molar-refractivity contribution >= 4 is 22.6 Å². The number of terminal acetylenes is 2. The second-order valence-electron chi connectivity index (χ2n) is 3.23. The summed E-state index contributed by atoms with van der Waals surface area (Å²) in [6.07, 6.45) is 10.4. The summed E-state index contributed by atoms with van der Waals surface area (Å²) in [5.41, 5.74) is 0.980. The number of halogens is 1. The summed E-state index contributed by atoms with van der Waals surface area (Å²) in [5, 5.41) is 0. The lowest BCUT2D eigenvalue weighted by Crippen LogP contribution is -2.26. The van der Waals surface area contributed by atoms with Crippen molar-refractivity contribution in [2.75, 3.05) is 13.1 Å². The first-order valence-electron chi connectivity index (χ1n) is 4.91. The summed E-state index contributed by atoms with van der Waals surface area (Å²) >= 11 is 5.68. The first-order chi connectivity index (χ1) is 8.22. The average Bonchev–Trinajstić information content (AvgIpc) is 2.38. The number of hydrogen-bond donors (Lipinski definition) is 0. The number of alkyl halides is 1. The van der Waals surface area contributed by atoms with E-state index in [0.29, 0.717) is 10.8 Å². The fraction of sp³-hybridized carbons (Fsp3) is 0.231. The molecule has 2 nitrogen and oxygen atoms in total. The van der Waals surface area contributed by atoms with Gasteiger partial charge in [0.1, 0.15) is 11.0 Å². The second-order valence-corrected chi connectivity index (χ2v) is 4.99. The predicted molar refractivity (Wildman–Crippen MR) is 71.6 cm³/mol. The lowest BCUT2D eigenvalue weighted by Gasteiger charge is -2.15. The maximum absolute atomic E-state index is 12.1. The standard InChI is InChI=1S/C13H12ClNOS/c1-3-9-15(10-4-2)17(16)13-7-5-12(11-14)6-8-13/h1-2,5-8H,9-11H2. The Hall–Kier alpha value is -1.26. The van der Waals surface area contributed by atoms with E-state index in [9.17, 15) is 4.21 Å². The highest BCUT2D eigenvalue weighted by Crippen LogP contribution is 2.13. The fourth-order valence-corrected chi connectivity index (χ4v) is 2.45. The van der Waals surface area contributed by atoms with Crippen LogP contribution >= 0.6 is 11.6 Å². The Bertz CT molecular complexity index is 454. The van der Waals surface area contributed by atoms with E-state index in [-0.39, 0.29) is 13.1 Å². The molecule has 0 amide bonds. The molecule has 0 aliphatic heterocycles. The van der Waals surface area contributed by atoms with Crippen LogP contribution in [-0.2, 0) is 16.9 Å². The van der Waals surface area contributed by atoms with Crippen molar-refractivity contribution in [3.63, 3.8) is 0 Å². The van der Waals surface area contributed by atoms with Crippen molar-refractivity contribution in [2.24, 2.45) is 0 Å². The van der Waals surface area contributed by atoms with E-state index in [2.05, 4.69) is 11.8 Å². The van der Waals surface area contributed by atoms with E-state index < -0.39 is 11.0 Å². The van der Waals surface area contributed by atoms with Crippen molar-refractivity contribution in [3.8, 4) is 24.7 Å². The van der Waals surface area contributed by atoms with Gasteiger partial charge in [0.05, 0.1) is 18.0 Å². The molecule has 0 saturated carbocycles. The van der Waals surface area contributed by atoms with Gasteiger partial charge in [0.2, 0.25) is 0 Å². The van der Waals surface area contributed by atoms with Gasteiger partial charge in [-0.15, -0.1) is 24.4 Å². The Morgan fingerprint density at radius 1 is 1.18 bits per heavy atom. The number of nitrogens with zero attached hydrogens (tertiary/aromatic N) is 1. The third-order valence-corrected chi connectivity index (χ3v) is 3.76. The lowest BCUT2D eigenvalue weighted by molar-refractivity contribution is 0.543. The fourth-order valence-electron chi connectivity index (χ4n) is 1.22. The normalized spacial score (nSPS) is 11.8. The molecule has 4 heteroatoms. The van der Waals surface area contributed by atoms with Crippen molar-refractivity contribution in [1.82, 2.24) is 4.31 Å². The van der Waals surface area contributed by atoms with E-state index >= 15 is 0 Å². The SMILES string of the molecule is C#CCN(CC#C)S(=O)c1ccc(CCl)cc1. The molecule has 0 spiro atoms. The zero-order chi connectivity index (χ0) is 12.7. The monoisotopic (exact) mass is 265 g/mol. The van der Waals surface area contributed by atoms with Gasteiger partial charge in [0.15, 0.2) is 0 Å². The minimum atomic E-state index is -1.33. The Morgan fingerprint density at radius 3 is 2.12 bits per heavy atom. The van der Waals surface area contributed by atoms with Gasteiger partial charge in [0.25, 0.3) is 0 Å². The highest BCUT2D eigenvalue weighted by atomic mass is 35.5. The molecule has 0 aliphatic carbocycles. The summed E-state index contributed by atoms with van der Waals surface area (Å²) in [6, 6.07) is 7.22. The van der Waals surface area contributed by atoms with Crippen LogP contribution in [0.3, 0.4) is 0 Å². The van der Waals surface area contributed by atoms with E-state index in [1.54, 1.807) is 16.4 Å². The van der Waals surface area contributed by atoms with Gasteiger partial charge in [-0.05, 0) is 17.7 Å².